The van der Waals surface area contributed by atoms with Gasteiger partial charge in [0.25, 0.3) is 5.91 Å². The molecule has 0 aliphatic carbocycles. The average Bonchev–Trinajstić information content (AvgIpc) is 2.41. The molecule has 0 radical (unpaired) electrons. The van der Waals surface area contributed by atoms with Crippen molar-refractivity contribution in [2.24, 2.45) is 0 Å². The second-order valence-corrected chi connectivity index (χ2v) is 3.86. The number of para-hydroxylation sites is 1. The molecule has 4 heteroatoms. The predicted octanol–water partition coefficient (Wildman–Crippen LogP) is 2.33. The molecule has 1 amide bonds. The molecule has 0 saturated heterocycles. The number of rotatable bonds is 3. The molecule has 2 N–H and O–H groups in total. The summed E-state index contributed by atoms with van der Waals surface area (Å²) in [7, 11) is 0. The average molecular weight is 241 g/mol. The Morgan fingerprint density at radius 1 is 1.22 bits per heavy atom. The van der Waals surface area contributed by atoms with E-state index in [-0.39, 0.29) is 5.91 Å². The van der Waals surface area contributed by atoms with Crippen molar-refractivity contribution in [1.29, 1.82) is 0 Å². The topological polar surface area (TPSA) is 59.2 Å². The lowest BCUT2D eigenvalue weighted by Gasteiger charge is -2.20. The van der Waals surface area contributed by atoms with Crippen molar-refractivity contribution in [3.8, 4) is 0 Å². The zero-order chi connectivity index (χ0) is 13.0. The van der Waals surface area contributed by atoms with Crippen molar-refractivity contribution in [2.75, 3.05) is 17.2 Å². The van der Waals surface area contributed by atoms with Crippen molar-refractivity contribution in [3.63, 3.8) is 0 Å². The van der Waals surface area contributed by atoms with Crippen LogP contribution in [0.2, 0.25) is 0 Å². The van der Waals surface area contributed by atoms with Gasteiger partial charge in [-0.25, -0.2) is 4.98 Å². The fraction of sp³-hybridized carbons (Fsp3) is 0.143. The molecule has 92 valence electrons. The maximum absolute atomic E-state index is 12.3. The lowest BCUT2D eigenvalue weighted by atomic mass is 10.2. The highest BCUT2D eigenvalue weighted by Crippen LogP contribution is 2.16. The maximum Gasteiger partial charge on any atom is 0.259 e. The number of pyridine rings is 1. The van der Waals surface area contributed by atoms with E-state index < -0.39 is 0 Å². The van der Waals surface area contributed by atoms with Crippen molar-refractivity contribution >= 4 is 17.4 Å². The van der Waals surface area contributed by atoms with E-state index in [4.69, 9.17) is 5.73 Å². The van der Waals surface area contributed by atoms with Gasteiger partial charge < -0.3 is 10.6 Å². The number of nitrogens with two attached hydrogens (primary N) is 1. The normalized spacial score (nSPS) is 10.1. The highest BCUT2D eigenvalue weighted by Gasteiger charge is 2.15. The molecule has 1 heterocycles. The summed E-state index contributed by atoms with van der Waals surface area (Å²) in [5.41, 5.74) is 6.92. The molecule has 18 heavy (non-hydrogen) atoms. The SMILES string of the molecule is CCN(C(=O)c1ccc(N)nc1)c1ccccc1. The highest BCUT2D eigenvalue weighted by atomic mass is 16.2. The quantitative estimate of drug-likeness (QED) is 0.897. The molecule has 2 aromatic rings. The molecule has 1 aromatic heterocycles. The van der Waals surface area contributed by atoms with Gasteiger partial charge in [0.2, 0.25) is 0 Å². The predicted molar refractivity (Wildman–Crippen MR) is 72.4 cm³/mol. The number of carbonyl (C=O) groups is 1. The fourth-order valence-corrected chi connectivity index (χ4v) is 1.74. The number of benzene rings is 1. The maximum atomic E-state index is 12.3. The standard InChI is InChI=1S/C14H15N3O/c1-2-17(12-6-4-3-5-7-12)14(18)11-8-9-13(15)16-10-11/h3-10H,2H2,1H3,(H2,15,16). The van der Waals surface area contributed by atoms with Gasteiger partial charge in [-0.2, -0.15) is 0 Å². The van der Waals surface area contributed by atoms with E-state index in [1.54, 1.807) is 17.0 Å². The van der Waals surface area contributed by atoms with Crippen LogP contribution in [0, 0.1) is 0 Å². The number of carbonyl (C=O) groups excluding carboxylic acids is 1. The zero-order valence-corrected chi connectivity index (χ0v) is 10.2. The van der Waals surface area contributed by atoms with Crippen LogP contribution in [0.1, 0.15) is 17.3 Å². The van der Waals surface area contributed by atoms with Crippen molar-refractivity contribution in [2.45, 2.75) is 6.92 Å². The molecule has 4 nitrogen and oxygen atoms in total. The van der Waals surface area contributed by atoms with Gasteiger partial charge in [0.15, 0.2) is 0 Å². The molecular weight excluding hydrogens is 226 g/mol. The molecule has 1 aromatic carbocycles. The van der Waals surface area contributed by atoms with E-state index in [1.165, 1.54) is 6.20 Å². The van der Waals surface area contributed by atoms with Crippen LogP contribution in [0.4, 0.5) is 11.5 Å². The summed E-state index contributed by atoms with van der Waals surface area (Å²) < 4.78 is 0. The van der Waals surface area contributed by atoms with Gasteiger partial charge in [-0.1, -0.05) is 18.2 Å². The molecule has 2 rings (SSSR count). The first kappa shape index (κ1) is 12.1. The summed E-state index contributed by atoms with van der Waals surface area (Å²) >= 11 is 0. The molecular formula is C14H15N3O. The number of amides is 1. The minimum Gasteiger partial charge on any atom is -0.384 e. The number of anilines is 2. The third-order valence-corrected chi connectivity index (χ3v) is 2.66. The monoisotopic (exact) mass is 241 g/mol. The largest absolute Gasteiger partial charge is 0.384 e. The number of hydrogen-bond acceptors (Lipinski definition) is 3. The Labute approximate surface area is 106 Å². The van der Waals surface area contributed by atoms with Crippen LogP contribution in [0.15, 0.2) is 48.7 Å². The summed E-state index contributed by atoms with van der Waals surface area (Å²) in [6, 6.07) is 12.9. The van der Waals surface area contributed by atoms with E-state index in [0.717, 1.165) is 5.69 Å². The lowest BCUT2D eigenvalue weighted by Crippen LogP contribution is -2.30. The van der Waals surface area contributed by atoms with E-state index in [1.807, 2.05) is 37.3 Å². The number of nitrogens with zero attached hydrogens (tertiary/aromatic N) is 2. The molecule has 0 aliphatic heterocycles. The minimum atomic E-state index is -0.0730. The third-order valence-electron chi connectivity index (χ3n) is 2.66. The third kappa shape index (κ3) is 2.48. The second-order valence-electron chi connectivity index (χ2n) is 3.86. The van der Waals surface area contributed by atoms with Gasteiger partial charge >= 0.3 is 0 Å². The van der Waals surface area contributed by atoms with Crippen molar-refractivity contribution < 1.29 is 4.79 Å². The molecule has 0 saturated carbocycles. The molecule has 0 fully saturated rings. The van der Waals surface area contributed by atoms with Gasteiger partial charge in [-0.15, -0.1) is 0 Å². The Morgan fingerprint density at radius 3 is 2.50 bits per heavy atom. The van der Waals surface area contributed by atoms with E-state index >= 15 is 0 Å². The van der Waals surface area contributed by atoms with Gasteiger partial charge in [-0.05, 0) is 31.2 Å². The summed E-state index contributed by atoms with van der Waals surface area (Å²) in [5.74, 6) is 0.338. The molecule has 0 aliphatic rings. The zero-order valence-electron chi connectivity index (χ0n) is 10.2. The smallest absolute Gasteiger partial charge is 0.259 e. The Kier molecular flexibility index (Phi) is 3.57. The highest BCUT2D eigenvalue weighted by molar-refractivity contribution is 6.05. The van der Waals surface area contributed by atoms with Crippen LogP contribution in [-0.4, -0.2) is 17.4 Å². The van der Waals surface area contributed by atoms with E-state index in [2.05, 4.69) is 4.98 Å². The van der Waals surface area contributed by atoms with Crippen LogP contribution < -0.4 is 10.6 Å². The molecule has 0 spiro atoms. The Bertz CT molecular complexity index is 522. The van der Waals surface area contributed by atoms with Gasteiger partial charge in [0, 0.05) is 18.4 Å². The van der Waals surface area contributed by atoms with Gasteiger partial charge in [-0.3, -0.25) is 4.79 Å². The van der Waals surface area contributed by atoms with E-state index in [9.17, 15) is 4.79 Å². The first-order valence-corrected chi connectivity index (χ1v) is 5.81. The minimum absolute atomic E-state index is 0.0730. The summed E-state index contributed by atoms with van der Waals surface area (Å²) in [6.45, 7) is 2.54. The number of nitrogen functional groups attached to an aromatic ring is 1. The second kappa shape index (κ2) is 5.31. The Morgan fingerprint density at radius 2 is 1.94 bits per heavy atom. The van der Waals surface area contributed by atoms with Crippen LogP contribution in [0.25, 0.3) is 0 Å². The van der Waals surface area contributed by atoms with E-state index in [0.29, 0.717) is 17.9 Å². The fourth-order valence-electron chi connectivity index (χ4n) is 1.74. The lowest BCUT2D eigenvalue weighted by molar-refractivity contribution is 0.0988. The molecule has 0 atom stereocenters. The van der Waals surface area contributed by atoms with Gasteiger partial charge in [0.1, 0.15) is 5.82 Å². The Balaban J connectivity index is 2.28. The van der Waals surface area contributed by atoms with Crippen LogP contribution in [0.3, 0.4) is 0 Å². The molecule has 0 bridgehead atoms. The molecule has 0 unspecified atom stereocenters. The summed E-state index contributed by atoms with van der Waals surface area (Å²) in [6.07, 6.45) is 1.50. The van der Waals surface area contributed by atoms with Gasteiger partial charge in [0.05, 0.1) is 5.56 Å². The Hall–Kier alpha value is -2.36. The van der Waals surface area contributed by atoms with Crippen LogP contribution >= 0.6 is 0 Å². The first-order valence-electron chi connectivity index (χ1n) is 5.81. The van der Waals surface area contributed by atoms with Crippen molar-refractivity contribution in [1.82, 2.24) is 4.98 Å². The first-order chi connectivity index (χ1) is 8.72. The van der Waals surface area contributed by atoms with Crippen LogP contribution in [0.5, 0.6) is 0 Å². The van der Waals surface area contributed by atoms with Crippen LogP contribution in [-0.2, 0) is 0 Å². The summed E-state index contributed by atoms with van der Waals surface area (Å²) in [5, 5.41) is 0. The van der Waals surface area contributed by atoms with Crippen molar-refractivity contribution in [3.05, 3.63) is 54.2 Å². The number of hydrogen-bond donors (Lipinski definition) is 1. The summed E-state index contributed by atoms with van der Waals surface area (Å²) in [4.78, 5) is 18.0. The number of aromatic nitrogens is 1.